The van der Waals surface area contributed by atoms with Crippen LogP contribution in [0, 0.1) is 5.82 Å². The van der Waals surface area contributed by atoms with E-state index in [0.717, 1.165) is 19.3 Å². The molecule has 0 amide bonds. The molecule has 0 radical (unpaired) electrons. The van der Waals surface area contributed by atoms with Crippen molar-refractivity contribution in [3.8, 4) is 11.4 Å². The molecule has 0 fully saturated rings. The Kier molecular flexibility index (Phi) is 4.66. The zero-order valence-electron chi connectivity index (χ0n) is 10.6. The topological polar surface area (TPSA) is 64.9 Å². The largest absolute Gasteiger partial charge is 0.337 e. The maximum atomic E-state index is 13.2. The first-order chi connectivity index (χ1) is 9.11. The van der Waals surface area contributed by atoms with Crippen LogP contribution in [-0.2, 0) is 0 Å². The average Bonchev–Trinajstić information content (AvgIpc) is 2.88. The van der Waals surface area contributed by atoms with Crippen LogP contribution in [0.25, 0.3) is 11.4 Å². The van der Waals surface area contributed by atoms with Gasteiger partial charge in [-0.25, -0.2) is 4.39 Å². The lowest BCUT2D eigenvalue weighted by Crippen LogP contribution is -2.10. The number of nitrogens with zero attached hydrogens (tertiary/aromatic N) is 2. The van der Waals surface area contributed by atoms with Crippen molar-refractivity contribution in [2.45, 2.75) is 32.2 Å². The van der Waals surface area contributed by atoms with E-state index < -0.39 is 0 Å². The molecule has 0 spiro atoms. The fourth-order valence-electron chi connectivity index (χ4n) is 1.71. The predicted molar refractivity (Wildman–Crippen MR) is 73.8 cm³/mol. The van der Waals surface area contributed by atoms with Crippen molar-refractivity contribution in [3.05, 3.63) is 34.4 Å². The highest BCUT2D eigenvalue weighted by atomic mass is 79.9. The lowest BCUT2D eigenvalue weighted by atomic mass is 10.1. The lowest BCUT2D eigenvalue weighted by molar-refractivity contribution is 0.346. The van der Waals surface area contributed by atoms with E-state index in [4.69, 9.17) is 10.3 Å². The van der Waals surface area contributed by atoms with Gasteiger partial charge in [0.2, 0.25) is 11.7 Å². The average molecular weight is 328 g/mol. The van der Waals surface area contributed by atoms with E-state index in [1.807, 2.05) is 0 Å². The molecule has 4 nitrogen and oxygen atoms in total. The van der Waals surface area contributed by atoms with E-state index in [-0.39, 0.29) is 11.9 Å². The molecule has 0 saturated heterocycles. The van der Waals surface area contributed by atoms with Crippen LogP contribution >= 0.6 is 15.9 Å². The fourth-order valence-corrected chi connectivity index (χ4v) is 2.14. The quantitative estimate of drug-likeness (QED) is 0.906. The molecule has 2 N–H and O–H groups in total. The van der Waals surface area contributed by atoms with Gasteiger partial charge in [0, 0.05) is 10.0 Å². The summed E-state index contributed by atoms with van der Waals surface area (Å²) >= 11 is 3.34. The van der Waals surface area contributed by atoms with Gasteiger partial charge in [0.1, 0.15) is 5.82 Å². The zero-order chi connectivity index (χ0) is 13.8. The Morgan fingerprint density at radius 1 is 1.47 bits per heavy atom. The summed E-state index contributed by atoms with van der Waals surface area (Å²) in [5.74, 6) is 0.382. The highest BCUT2D eigenvalue weighted by Crippen LogP contribution is 2.28. The number of aromatic nitrogens is 2. The van der Waals surface area contributed by atoms with Crippen molar-refractivity contribution in [3.63, 3.8) is 0 Å². The second-order valence-electron chi connectivity index (χ2n) is 4.33. The highest BCUT2D eigenvalue weighted by Gasteiger charge is 2.17. The molecule has 1 atom stereocenters. The summed E-state index contributed by atoms with van der Waals surface area (Å²) in [6.45, 7) is 2.09. The van der Waals surface area contributed by atoms with Crippen molar-refractivity contribution in [2.24, 2.45) is 5.73 Å². The number of unbranched alkanes of at least 4 members (excludes halogenated alkanes) is 1. The van der Waals surface area contributed by atoms with E-state index in [9.17, 15) is 4.39 Å². The van der Waals surface area contributed by atoms with E-state index >= 15 is 0 Å². The van der Waals surface area contributed by atoms with Gasteiger partial charge in [-0.05, 0) is 24.6 Å². The van der Waals surface area contributed by atoms with Gasteiger partial charge in [-0.3, -0.25) is 0 Å². The second-order valence-corrected chi connectivity index (χ2v) is 5.18. The van der Waals surface area contributed by atoms with Gasteiger partial charge in [-0.2, -0.15) is 4.98 Å². The Labute approximate surface area is 119 Å². The number of nitrogens with two attached hydrogens (primary N) is 1. The van der Waals surface area contributed by atoms with Gasteiger partial charge in [-0.1, -0.05) is 40.9 Å². The number of benzene rings is 1. The third kappa shape index (κ3) is 3.39. The smallest absolute Gasteiger partial charge is 0.243 e. The molecule has 102 valence electrons. The molecule has 6 heteroatoms. The van der Waals surface area contributed by atoms with E-state index in [2.05, 4.69) is 33.0 Å². The van der Waals surface area contributed by atoms with Crippen molar-refractivity contribution >= 4 is 15.9 Å². The van der Waals surface area contributed by atoms with Gasteiger partial charge < -0.3 is 10.3 Å². The van der Waals surface area contributed by atoms with E-state index in [1.165, 1.54) is 12.1 Å². The van der Waals surface area contributed by atoms with Crippen molar-refractivity contribution in [1.29, 1.82) is 0 Å². The highest BCUT2D eigenvalue weighted by molar-refractivity contribution is 9.10. The maximum Gasteiger partial charge on any atom is 0.243 e. The molecule has 2 aromatic rings. The Morgan fingerprint density at radius 2 is 2.26 bits per heavy atom. The minimum atomic E-state index is -0.347. The Balaban J connectivity index is 2.23. The monoisotopic (exact) mass is 327 g/mol. The molecule has 19 heavy (non-hydrogen) atoms. The summed E-state index contributed by atoms with van der Waals surface area (Å²) in [6, 6.07) is 4.06. The maximum absolute atomic E-state index is 13.2. The van der Waals surface area contributed by atoms with E-state index in [0.29, 0.717) is 21.8 Å². The Hall–Kier alpha value is -1.27. The van der Waals surface area contributed by atoms with Crippen LogP contribution in [0.5, 0.6) is 0 Å². The van der Waals surface area contributed by atoms with Gasteiger partial charge in [-0.15, -0.1) is 0 Å². The normalized spacial score (nSPS) is 12.6. The van der Waals surface area contributed by atoms with Crippen LogP contribution in [0.3, 0.4) is 0 Å². The summed E-state index contributed by atoms with van der Waals surface area (Å²) in [5.41, 5.74) is 6.51. The van der Waals surface area contributed by atoms with Crippen LogP contribution in [0.15, 0.2) is 27.2 Å². The summed E-state index contributed by atoms with van der Waals surface area (Å²) in [5, 5.41) is 3.85. The summed E-state index contributed by atoms with van der Waals surface area (Å²) in [4.78, 5) is 4.24. The first-order valence-electron chi connectivity index (χ1n) is 6.16. The van der Waals surface area contributed by atoms with Gasteiger partial charge in [0.25, 0.3) is 0 Å². The van der Waals surface area contributed by atoms with Crippen LogP contribution < -0.4 is 5.73 Å². The summed E-state index contributed by atoms with van der Waals surface area (Å²) in [7, 11) is 0. The molecular formula is C13H15BrFN3O. The summed E-state index contributed by atoms with van der Waals surface area (Å²) in [6.07, 6.45) is 2.86. The van der Waals surface area contributed by atoms with Crippen molar-refractivity contribution in [1.82, 2.24) is 10.1 Å². The van der Waals surface area contributed by atoms with Crippen LogP contribution in [0.4, 0.5) is 4.39 Å². The molecule has 2 rings (SSSR count). The number of halogens is 2. The minimum absolute atomic E-state index is 0.270. The molecule has 0 aliphatic rings. The third-order valence-corrected chi connectivity index (χ3v) is 3.49. The van der Waals surface area contributed by atoms with Gasteiger partial charge >= 0.3 is 0 Å². The fraction of sp³-hybridized carbons (Fsp3) is 0.385. The molecule has 0 bridgehead atoms. The Morgan fingerprint density at radius 3 is 3.00 bits per heavy atom. The SMILES string of the molecule is CCCCC(N)c1nc(-c2cc(F)ccc2Br)no1. The first kappa shape index (κ1) is 14.1. The number of rotatable bonds is 5. The molecule has 0 saturated carbocycles. The number of hydrogen-bond acceptors (Lipinski definition) is 4. The zero-order valence-corrected chi connectivity index (χ0v) is 12.2. The second kappa shape index (κ2) is 6.25. The first-order valence-corrected chi connectivity index (χ1v) is 6.95. The Bertz CT molecular complexity index is 559. The van der Waals surface area contributed by atoms with Crippen LogP contribution in [0.2, 0.25) is 0 Å². The predicted octanol–water partition coefficient (Wildman–Crippen LogP) is 3.83. The van der Waals surface area contributed by atoms with Crippen molar-refractivity contribution < 1.29 is 8.91 Å². The molecule has 1 unspecified atom stereocenters. The van der Waals surface area contributed by atoms with E-state index in [1.54, 1.807) is 6.07 Å². The third-order valence-electron chi connectivity index (χ3n) is 2.80. The van der Waals surface area contributed by atoms with Crippen LogP contribution in [0.1, 0.15) is 38.1 Å². The minimum Gasteiger partial charge on any atom is -0.337 e. The standard InChI is InChI=1S/C13H15BrFN3O/c1-2-3-4-11(16)13-17-12(18-19-13)9-7-8(15)5-6-10(9)14/h5-7,11H,2-4,16H2,1H3. The molecule has 1 heterocycles. The molecule has 1 aromatic heterocycles. The van der Waals surface area contributed by atoms with Gasteiger partial charge in [0.05, 0.1) is 6.04 Å². The van der Waals surface area contributed by atoms with Crippen molar-refractivity contribution in [2.75, 3.05) is 0 Å². The molecule has 1 aromatic carbocycles. The molecule has 0 aliphatic heterocycles. The number of hydrogen-bond donors (Lipinski definition) is 1. The van der Waals surface area contributed by atoms with Gasteiger partial charge in [0.15, 0.2) is 0 Å². The molecular weight excluding hydrogens is 313 g/mol. The molecule has 0 aliphatic carbocycles. The summed E-state index contributed by atoms with van der Waals surface area (Å²) < 4.78 is 19.1. The lowest BCUT2D eigenvalue weighted by Gasteiger charge is -2.04. The van der Waals surface area contributed by atoms with Crippen LogP contribution in [-0.4, -0.2) is 10.1 Å².